The van der Waals surface area contributed by atoms with Crippen LogP contribution in [-0.2, 0) is 0 Å². The van der Waals surface area contributed by atoms with Gasteiger partial charge in [-0.25, -0.2) is 0 Å². The molecule has 0 heterocycles. The van der Waals surface area contributed by atoms with Crippen molar-refractivity contribution in [1.82, 2.24) is 0 Å². The molecule has 0 aromatic heterocycles. The highest BCUT2D eigenvalue weighted by atomic mass is 16.3. The summed E-state index contributed by atoms with van der Waals surface area (Å²) in [7, 11) is 0. The van der Waals surface area contributed by atoms with E-state index in [0.29, 0.717) is 0 Å². The Morgan fingerprint density at radius 2 is 1.00 bits per heavy atom. The summed E-state index contributed by atoms with van der Waals surface area (Å²) in [4.78, 5) is 0. The van der Waals surface area contributed by atoms with Crippen LogP contribution in [0.1, 0.15) is 11.1 Å². The van der Waals surface area contributed by atoms with Crippen LogP contribution >= 0.6 is 0 Å². The van der Waals surface area contributed by atoms with E-state index in [2.05, 4.69) is 0 Å². The molecular formula is C14H12O2. The average Bonchev–Trinajstić information content (AvgIpc) is 2.30. The Morgan fingerprint density at radius 1 is 0.625 bits per heavy atom. The predicted octanol–water partition coefficient (Wildman–Crippen LogP) is 3.27. The number of hydrogen-bond acceptors (Lipinski definition) is 2. The third-order valence-corrected chi connectivity index (χ3v) is 2.32. The maximum Gasteiger partial charge on any atom is 0.122 e. The maximum atomic E-state index is 9.54. The molecule has 2 nitrogen and oxygen atoms in total. The monoisotopic (exact) mass is 212 g/mol. The van der Waals surface area contributed by atoms with Gasteiger partial charge in [-0.1, -0.05) is 48.6 Å². The molecule has 2 heteroatoms. The standard InChI is InChI=1S/C14H12O2/c15-13-7-3-1-5-11(13)9-10-12-6-2-4-8-14(12)16/h1-10,15-16H/b10-9+. The van der Waals surface area contributed by atoms with Crippen LogP contribution in [0.4, 0.5) is 0 Å². The van der Waals surface area contributed by atoms with Crippen LogP contribution < -0.4 is 0 Å². The van der Waals surface area contributed by atoms with E-state index in [1.54, 1.807) is 36.4 Å². The molecule has 0 saturated carbocycles. The molecule has 0 saturated heterocycles. The molecule has 0 aliphatic carbocycles. The highest BCUT2D eigenvalue weighted by Crippen LogP contribution is 2.22. The van der Waals surface area contributed by atoms with E-state index in [9.17, 15) is 10.2 Å². The lowest BCUT2D eigenvalue weighted by atomic mass is 10.1. The van der Waals surface area contributed by atoms with Crippen molar-refractivity contribution < 1.29 is 10.2 Å². The van der Waals surface area contributed by atoms with Crippen LogP contribution in [0.5, 0.6) is 11.5 Å². The van der Waals surface area contributed by atoms with Crippen molar-refractivity contribution in [3.63, 3.8) is 0 Å². The minimum atomic E-state index is 0.231. The molecule has 0 fully saturated rings. The lowest BCUT2D eigenvalue weighted by molar-refractivity contribution is 0.473. The molecule has 0 amide bonds. The van der Waals surface area contributed by atoms with E-state index in [1.807, 2.05) is 24.3 Å². The summed E-state index contributed by atoms with van der Waals surface area (Å²) in [6, 6.07) is 14.1. The summed E-state index contributed by atoms with van der Waals surface area (Å²) >= 11 is 0. The van der Waals surface area contributed by atoms with Crippen LogP contribution in [0, 0.1) is 0 Å². The summed E-state index contributed by atoms with van der Waals surface area (Å²) in [5, 5.41) is 19.1. The van der Waals surface area contributed by atoms with Gasteiger partial charge in [-0.2, -0.15) is 0 Å². The SMILES string of the molecule is Oc1ccccc1/C=C/c1ccccc1O. The summed E-state index contributed by atoms with van der Waals surface area (Å²) in [5.74, 6) is 0.461. The second kappa shape index (κ2) is 4.53. The third kappa shape index (κ3) is 2.23. The summed E-state index contributed by atoms with van der Waals surface area (Å²) in [5.41, 5.74) is 1.46. The number of phenolic OH excluding ortho intramolecular Hbond substituents is 2. The van der Waals surface area contributed by atoms with Gasteiger partial charge in [-0.05, 0) is 12.1 Å². The van der Waals surface area contributed by atoms with E-state index >= 15 is 0 Å². The first kappa shape index (κ1) is 10.3. The van der Waals surface area contributed by atoms with Gasteiger partial charge in [0.05, 0.1) is 0 Å². The lowest BCUT2D eigenvalue weighted by Crippen LogP contribution is -1.75. The lowest BCUT2D eigenvalue weighted by Gasteiger charge is -1.99. The van der Waals surface area contributed by atoms with E-state index in [1.165, 1.54) is 0 Å². The van der Waals surface area contributed by atoms with Crippen LogP contribution in [0.25, 0.3) is 12.2 Å². The van der Waals surface area contributed by atoms with Crippen molar-refractivity contribution in [3.05, 3.63) is 59.7 Å². The minimum absolute atomic E-state index is 0.231. The van der Waals surface area contributed by atoms with Gasteiger partial charge in [0, 0.05) is 11.1 Å². The maximum absolute atomic E-state index is 9.54. The molecule has 0 bridgehead atoms. The number of para-hydroxylation sites is 2. The Morgan fingerprint density at radius 3 is 1.38 bits per heavy atom. The zero-order chi connectivity index (χ0) is 11.4. The van der Waals surface area contributed by atoms with Crippen LogP contribution in [0.15, 0.2) is 48.5 Å². The van der Waals surface area contributed by atoms with Crippen LogP contribution in [0.2, 0.25) is 0 Å². The normalized spacial score (nSPS) is 10.8. The second-order valence-electron chi connectivity index (χ2n) is 3.45. The molecule has 2 aromatic carbocycles. The first-order valence-corrected chi connectivity index (χ1v) is 5.01. The Hall–Kier alpha value is -2.22. The number of benzene rings is 2. The van der Waals surface area contributed by atoms with Gasteiger partial charge in [0.15, 0.2) is 0 Å². The molecule has 2 rings (SSSR count). The second-order valence-corrected chi connectivity index (χ2v) is 3.45. The first-order chi connectivity index (χ1) is 7.77. The topological polar surface area (TPSA) is 40.5 Å². The van der Waals surface area contributed by atoms with Gasteiger partial charge in [-0.15, -0.1) is 0 Å². The minimum Gasteiger partial charge on any atom is -0.507 e. The molecule has 0 spiro atoms. The van der Waals surface area contributed by atoms with E-state index < -0.39 is 0 Å². The zero-order valence-electron chi connectivity index (χ0n) is 8.67. The van der Waals surface area contributed by atoms with Crippen molar-refractivity contribution in [2.24, 2.45) is 0 Å². The fourth-order valence-corrected chi connectivity index (χ4v) is 1.44. The summed E-state index contributed by atoms with van der Waals surface area (Å²) < 4.78 is 0. The van der Waals surface area contributed by atoms with Crippen LogP contribution in [-0.4, -0.2) is 10.2 Å². The van der Waals surface area contributed by atoms with Crippen molar-refractivity contribution >= 4 is 12.2 Å². The van der Waals surface area contributed by atoms with Crippen molar-refractivity contribution in [2.45, 2.75) is 0 Å². The first-order valence-electron chi connectivity index (χ1n) is 5.01. The zero-order valence-corrected chi connectivity index (χ0v) is 8.67. The van der Waals surface area contributed by atoms with Gasteiger partial charge in [0.2, 0.25) is 0 Å². The molecule has 0 aliphatic rings. The quantitative estimate of drug-likeness (QED) is 0.750. The van der Waals surface area contributed by atoms with Gasteiger partial charge in [0.25, 0.3) is 0 Å². The summed E-state index contributed by atoms with van der Waals surface area (Å²) in [6.07, 6.45) is 3.54. The fourth-order valence-electron chi connectivity index (χ4n) is 1.44. The highest BCUT2D eigenvalue weighted by Gasteiger charge is 1.96. The fraction of sp³-hybridized carbons (Fsp3) is 0. The molecule has 2 N–H and O–H groups in total. The largest absolute Gasteiger partial charge is 0.507 e. The van der Waals surface area contributed by atoms with Crippen molar-refractivity contribution in [1.29, 1.82) is 0 Å². The van der Waals surface area contributed by atoms with Gasteiger partial charge < -0.3 is 10.2 Å². The molecule has 16 heavy (non-hydrogen) atoms. The Balaban J connectivity index is 2.29. The smallest absolute Gasteiger partial charge is 0.122 e. The number of aromatic hydroxyl groups is 2. The number of hydrogen-bond donors (Lipinski definition) is 2. The van der Waals surface area contributed by atoms with E-state index in [0.717, 1.165) is 11.1 Å². The molecule has 0 radical (unpaired) electrons. The van der Waals surface area contributed by atoms with Gasteiger partial charge in [-0.3, -0.25) is 0 Å². The van der Waals surface area contributed by atoms with Gasteiger partial charge >= 0.3 is 0 Å². The number of phenols is 2. The Labute approximate surface area is 94.1 Å². The molecule has 80 valence electrons. The molecule has 0 unspecified atom stereocenters. The number of rotatable bonds is 2. The molecule has 0 aliphatic heterocycles. The predicted molar refractivity (Wildman–Crippen MR) is 65.1 cm³/mol. The Bertz CT molecular complexity index is 468. The van der Waals surface area contributed by atoms with Crippen molar-refractivity contribution in [3.8, 4) is 11.5 Å². The Kier molecular flexibility index (Phi) is 2.92. The average molecular weight is 212 g/mol. The highest BCUT2D eigenvalue weighted by molar-refractivity contribution is 5.74. The summed E-state index contributed by atoms with van der Waals surface area (Å²) in [6.45, 7) is 0. The molecule has 0 atom stereocenters. The molecular weight excluding hydrogens is 200 g/mol. The molecule has 2 aromatic rings. The van der Waals surface area contributed by atoms with Gasteiger partial charge in [0.1, 0.15) is 11.5 Å². The third-order valence-electron chi connectivity index (χ3n) is 2.32. The van der Waals surface area contributed by atoms with Crippen LogP contribution in [0.3, 0.4) is 0 Å². The van der Waals surface area contributed by atoms with E-state index in [4.69, 9.17) is 0 Å². The van der Waals surface area contributed by atoms with E-state index in [-0.39, 0.29) is 11.5 Å². The van der Waals surface area contributed by atoms with Crippen molar-refractivity contribution in [2.75, 3.05) is 0 Å².